The molecule has 72 valence electrons. The summed E-state index contributed by atoms with van der Waals surface area (Å²) in [6.45, 7) is 10.5. The second kappa shape index (κ2) is 4.64. The van der Waals surface area contributed by atoms with Gasteiger partial charge in [-0.15, -0.1) is 0 Å². The maximum atomic E-state index is 11.5. The van der Waals surface area contributed by atoms with Gasteiger partial charge >= 0.3 is 0 Å². The van der Waals surface area contributed by atoms with Crippen LogP contribution in [0.1, 0.15) is 53.9 Å². The average Bonchev–Trinajstić information content (AvgIpc) is 2.02. The van der Waals surface area contributed by atoms with Gasteiger partial charge in [0.15, 0.2) is 0 Å². The van der Waals surface area contributed by atoms with Crippen molar-refractivity contribution in [2.45, 2.75) is 53.9 Å². The first kappa shape index (κ1) is 11.7. The highest BCUT2D eigenvalue weighted by Crippen LogP contribution is 2.28. The Balaban J connectivity index is 4.11. The van der Waals surface area contributed by atoms with E-state index >= 15 is 0 Å². The van der Waals surface area contributed by atoms with Gasteiger partial charge in [-0.1, -0.05) is 41.0 Å². The first-order valence-electron chi connectivity index (χ1n) is 4.97. The van der Waals surface area contributed by atoms with Crippen molar-refractivity contribution >= 4 is 5.78 Å². The molecule has 0 fully saturated rings. The summed E-state index contributed by atoms with van der Waals surface area (Å²) in [7, 11) is 0. The first-order chi connectivity index (χ1) is 5.44. The van der Waals surface area contributed by atoms with E-state index in [9.17, 15) is 4.79 Å². The number of carbonyl (C=O) groups excluding carboxylic acids is 1. The van der Waals surface area contributed by atoms with Gasteiger partial charge in [0, 0.05) is 11.8 Å². The van der Waals surface area contributed by atoms with E-state index in [1.165, 1.54) is 6.42 Å². The number of carbonyl (C=O) groups is 1. The minimum absolute atomic E-state index is 0.107. The SMILES string of the molecule is CCC(=O)C(C)(C)CC(C)CC. The molecule has 0 bridgehead atoms. The molecule has 0 aromatic rings. The van der Waals surface area contributed by atoms with Crippen molar-refractivity contribution in [3.8, 4) is 0 Å². The quantitative estimate of drug-likeness (QED) is 0.618. The van der Waals surface area contributed by atoms with Gasteiger partial charge in [-0.2, -0.15) is 0 Å². The van der Waals surface area contributed by atoms with Crippen LogP contribution in [0.5, 0.6) is 0 Å². The van der Waals surface area contributed by atoms with Crippen LogP contribution in [0.3, 0.4) is 0 Å². The molecule has 0 saturated heterocycles. The fraction of sp³-hybridized carbons (Fsp3) is 0.909. The zero-order valence-corrected chi connectivity index (χ0v) is 9.11. The Kier molecular flexibility index (Phi) is 4.51. The lowest BCUT2D eigenvalue weighted by atomic mass is 9.78. The van der Waals surface area contributed by atoms with Crippen molar-refractivity contribution in [3.63, 3.8) is 0 Å². The van der Waals surface area contributed by atoms with Crippen molar-refractivity contribution in [3.05, 3.63) is 0 Å². The summed E-state index contributed by atoms with van der Waals surface area (Å²) in [5.74, 6) is 1.05. The monoisotopic (exact) mass is 170 g/mol. The molecule has 0 aliphatic rings. The molecule has 0 aliphatic heterocycles. The number of hydrogen-bond donors (Lipinski definition) is 0. The zero-order chi connectivity index (χ0) is 9.78. The van der Waals surface area contributed by atoms with Gasteiger partial charge < -0.3 is 0 Å². The largest absolute Gasteiger partial charge is 0.299 e. The minimum atomic E-state index is -0.107. The van der Waals surface area contributed by atoms with Crippen molar-refractivity contribution in [1.82, 2.24) is 0 Å². The third kappa shape index (κ3) is 3.38. The molecule has 0 radical (unpaired) electrons. The Morgan fingerprint density at radius 3 is 2.17 bits per heavy atom. The van der Waals surface area contributed by atoms with E-state index in [2.05, 4.69) is 27.7 Å². The molecule has 0 spiro atoms. The molecule has 0 rings (SSSR count). The number of Topliss-reactive ketones (excluding diaryl/α,β-unsaturated/α-hetero) is 1. The fourth-order valence-electron chi connectivity index (χ4n) is 1.61. The smallest absolute Gasteiger partial charge is 0.138 e. The van der Waals surface area contributed by atoms with Crippen molar-refractivity contribution in [2.24, 2.45) is 11.3 Å². The van der Waals surface area contributed by atoms with Crippen molar-refractivity contribution in [2.75, 3.05) is 0 Å². The van der Waals surface area contributed by atoms with Crippen LogP contribution in [0.4, 0.5) is 0 Å². The molecule has 0 aliphatic carbocycles. The molecule has 0 aromatic heterocycles. The van der Waals surface area contributed by atoms with Gasteiger partial charge in [-0.25, -0.2) is 0 Å². The average molecular weight is 170 g/mol. The molecule has 1 nitrogen and oxygen atoms in total. The van der Waals surface area contributed by atoms with E-state index in [0.717, 1.165) is 6.42 Å². The molecule has 1 atom stereocenters. The number of ketones is 1. The fourth-order valence-corrected chi connectivity index (χ4v) is 1.61. The summed E-state index contributed by atoms with van der Waals surface area (Å²) in [5, 5.41) is 0. The summed E-state index contributed by atoms with van der Waals surface area (Å²) in [6, 6.07) is 0. The van der Waals surface area contributed by atoms with Gasteiger partial charge in [0.05, 0.1) is 0 Å². The molecule has 0 heterocycles. The lowest BCUT2D eigenvalue weighted by Gasteiger charge is -2.25. The van der Waals surface area contributed by atoms with Crippen LogP contribution in [0.15, 0.2) is 0 Å². The zero-order valence-electron chi connectivity index (χ0n) is 9.11. The van der Waals surface area contributed by atoms with Crippen LogP contribution in [0.2, 0.25) is 0 Å². The van der Waals surface area contributed by atoms with Crippen molar-refractivity contribution in [1.29, 1.82) is 0 Å². The standard InChI is InChI=1S/C11H22O/c1-6-9(3)8-11(4,5)10(12)7-2/h9H,6-8H2,1-5H3. The molecule has 0 aromatic carbocycles. The second-order valence-corrected chi connectivity index (χ2v) is 4.38. The Labute approximate surface area is 76.6 Å². The topological polar surface area (TPSA) is 17.1 Å². The van der Waals surface area contributed by atoms with E-state index in [-0.39, 0.29) is 5.41 Å². The van der Waals surface area contributed by atoms with Gasteiger partial charge in [0.2, 0.25) is 0 Å². The Morgan fingerprint density at radius 2 is 1.83 bits per heavy atom. The highest BCUT2D eigenvalue weighted by atomic mass is 16.1. The van der Waals surface area contributed by atoms with E-state index in [1.54, 1.807) is 0 Å². The van der Waals surface area contributed by atoms with Crippen LogP contribution in [0, 0.1) is 11.3 Å². The molecule has 0 N–H and O–H groups in total. The van der Waals surface area contributed by atoms with E-state index < -0.39 is 0 Å². The Morgan fingerprint density at radius 1 is 1.33 bits per heavy atom. The summed E-state index contributed by atoms with van der Waals surface area (Å²) in [6.07, 6.45) is 2.86. The van der Waals surface area contributed by atoms with Crippen LogP contribution >= 0.6 is 0 Å². The van der Waals surface area contributed by atoms with E-state index in [4.69, 9.17) is 0 Å². The summed E-state index contributed by atoms with van der Waals surface area (Å²) >= 11 is 0. The molecular formula is C11H22O. The normalized spacial score (nSPS) is 14.4. The van der Waals surface area contributed by atoms with Crippen LogP contribution in [-0.2, 0) is 4.79 Å². The van der Waals surface area contributed by atoms with Crippen LogP contribution in [0.25, 0.3) is 0 Å². The van der Waals surface area contributed by atoms with Crippen molar-refractivity contribution < 1.29 is 4.79 Å². The highest BCUT2D eigenvalue weighted by Gasteiger charge is 2.26. The summed E-state index contributed by atoms with van der Waals surface area (Å²) in [5.41, 5.74) is -0.107. The van der Waals surface area contributed by atoms with Crippen LogP contribution in [-0.4, -0.2) is 5.78 Å². The van der Waals surface area contributed by atoms with Gasteiger partial charge in [0.1, 0.15) is 5.78 Å². The Bertz CT molecular complexity index is 147. The van der Waals surface area contributed by atoms with Gasteiger partial charge in [-0.05, 0) is 12.3 Å². The second-order valence-electron chi connectivity index (χ2n) is 4.38. The Hall–Kier alpha value is -0.330. The molecule has 1 unspecified atom stereocenters. The van der Waals surface area contributed by atoms with Gasteiger partial charge in [-0.3, -0.25) is 4.79 Å². The molecule has 0 saturated carbocycles. The minimum Gasteiger partial charge on any atom is -0.299 e. The predicted molar refractivity (Wildman–Crippen MR) is 53.2 cm³/mol. The number of hydrogen-bond acceptors (Lipinski definition) is 1. The lowest BCUT2D eigenvalue weighted by molar-refractivity contribution is -0.127. The molecular weight excluding hydrogens is 148 g/mol. The molecule has 1 heteroatoms. The summed E-state index contributed by atoms with van der Waals surface area (Å²) < 4.78 is 0. The summed E-state index contributed by atoms with van der Waals surface area (Å²) in [4.78, 5) is 11.5. The van der Waals surface area contributed by atoms with E-state index in [1.807, 2.05) is 6.92 Å². The highest BCUT2D eigenvalue weighted by molar-refractivity contribution is 5.83. The van der Waals surface area contributed by atoms with Crippen LogP contribution < -0.4 is 0 Å². The molecule has 0 amide bonds. The maximum absolute atomic E-state index is 11.5. The van der Waals surface area contributed by atoms with E-state index in [0.29, 0.717) is 18.1 Å². The first-order valence-corrected chi connectivity index (χ1v) is 4.97. The molecule has 12 heavy (non-hydrogen) atoms. The van der Waals surface area contributed by atoms with Gasteiger partial charge in [0.25, 0.3) is 0 Å². The third-order valence-electron chi connectivity index (χ3n) is 2.63. The lowest BCUT2D eigenvalue weighted by Crippen LogP contribution is -2.25. The predicted octanol–water partition coefficient (Wildman–Crippen LogP) is 3.43. The maximum Gasteiger partial charge on any atom is 0.138 e. The number of rotatable bonds is 5. The third-order valence-corrected chi connectivity index (χ3v) is 2.63.